The highest BCUT2D eigenvalue weighted by molar-refractivity contribution is 5.94. The van der Waals surface area contributed by atoms with Crippen LogP contribution in [0.5, 0.6) is 5.75 Å². The van der Waals surface area contributed by atoms with Crippen molar-refractivity contribution in [2.75, 3.05) is 6.61 Å². The minimum Gasteiger partial charge on any atom is -0.435 e. The summed E-state index contributed by atoms with van der Waals surface area (Å²) in [5, 5.41) is 2.78. The number of ether oxygens (including phenoxy) is 2. The molecule has 0 heterocycles. The van der Waals surface area contributed by atoms with Gasteiger partial charge in [-0.1, -0.05) is 24.3 Å². The average molecular weight is 335 g/mol. The molecule has 4 nitrogen and oxygen atoms in total. The molecule has 0 bridgehead atoms. The number of hydrogen-bond donors (Lipinski definition) is 1. The van der Waals surface area contributed by atoms with Crippen LogP contribution in [0.4, 0.5) is 8.78 Å². The molecule has 0 spiro atoms. The Bertz CT molecular complexity index is 642. The zero-order valence-electron chi connectivity index (χ0n) is 13.3. The van der Waals surface area contributed by atoms with Crippen molar-refractivity contribution in [3.05, 3.63) is 65.2 Å². The molecule has 1 amide bonds. The summed E-state index contributed by atoms with van der Waals surface area (Å²) < 4.78 is 33.7. The summed E-state index contributed by atoms with van der Waals surface area (Å²) in [6.45, 7) is 0.671. The molecule has 0 aliphatic heterocycles. The predicted octanol–water partition coefficient (Wildman–Crippen LogP) is 3.75. The summed E-state index contributed by atoms with van der Waals surface area (Å²) in [7, 11) is 0. The topological polar surface area (TPSA) is 47.6 Å². The number of alkyl halides is 2. The Hall–Kier alpha value is -2.47. The number of carbonyl (C=O) groups excluding carboxylic acids is 1. The van der Waals surface area contributed by atoms with E-state index < -0.39 is 6.61 Å². The smallest absolute Gasteiger partial charge is 0.387 e. The zero-order valence-corrected chi connectivity index (χ0v) is 13.3. The molecule has 0 aliphatic rings. The van der Waals surface area contributed by atoms with E-state index in [0.29, 0.717) is 25.3 Å². The van der Waals surface area contributed by atoms with Crippen molar-refractivity contribution in [3.8, 4) is 5.75 Å². The molecule has 128 valence electrons. The molecule has 2 aromatic rings. The van der Waals surface area contributed by atoms with Gasteiger partial charge >= 0.3 is 6.61 Å². The molecule has 0 fully saturated rings. The van der Waals surface area contributed by atoms with E-state index in [1.165, 1.54) is 24.3 Å². The maximum Gasteiger partial charge on any atom is 0.387 e. The van der Waals surface area contributed by atoms with Crippen LogP contribution in [0.1, 0.15) is 28.4 Å². The number of hydrogen-bond acceptors (Lipinski definition) is 3. The van der Waals surface area contributed by atoms with Gasteiger partial charge in [-0.05, 0) is 42.3 Å². The molecule has 0 saturated carbocycles. The van der Waals surface area contributed by atoms with E-state index >= 15 is 0 Å². The molecule has 24 heavy (non-hydrogen) atoms. The Kier molecular flexibility index (Phi) is 6.69. The minimum absolute atomic E-state index is 0.0198. The summed E-state index contributed by atoms with van der Waals surface area (Å²) in [6, 6.07) is 13.3. The SMILES string of the molecule is CCOCc1ccc(CNC(=O)c2ccc(OC(F)F)cc2)cc1. The summed E-state index contributed by atoms with van der Waals surface area (Å²) in [6.07, 6.45) is 0. The molecule has 0 aromatic heterocycles. The molecule has 0 radical (unpaired) electrons. The van der Waals surface area contributed by atoms with Crippen LogP contribution in [-0.4, -0.2) is 19.1 Å². The van der Waals surface area contributed by atoms with Gasteiger partial charge in [-0.15, -0.1) is 0 Å². The molecular weight excluding hydrogens is 316 g/mol. The summed E-state index contributed by atoms with van der Waals surface area (Å²) in [5.74, 6) is -0.261. The Morgan fingerprint density at radius 3 is 2.25 bits per heavy atom. The standard InChI is InChI=1S/C18H19F2NO3/c1-2-23-12-14-5-3-13(4-6-14)11-21-17(22)15-7-9-16(10-8-15)24-18(19)20/h3-10,18H,2,11-12H2,1H3,(H,21,22). The van der Waals surface area contributed by atoms with E-state index in [1.54, 1.807) is 0 Å². The second-order valence-electron chi connectivity index (χ2n) is 5.04. The lowest BCUT2D eigenvalue weighted by Crippen LogP contribution is -2.22. The third-order valence-corrected chi connectivity index (χ3v) is 3.29. The van der Waals surface area contributed by atoms with E-state index in [1.807, 2.05) is 31.2 Å². The van der Waals surface area contributed by atoms with E-state index in [9.17, 15) is 13.6 Å². The van der Waals surface area contributed by atoms with Crippen molar-refractivity contribution >= 4 is 5.91 Å². The second kappa shape index (κ2) is 8.98. The van der Waals surface area contributed by atoms with Gasteiger partial charge in [0.1, 0.15) is 5.75 Å². The highest BCUT2D eigenvalue weighted by Gasteiger charge is 2.08. The highest BCUT2D eigenvalue weighted by Crippen LogP contribution is 2.15. The maximum absolute atomic E-state index is 12.1. The second-order valence-corrected chi connectivity index (χ2v) is 5.04. The Labute approximate surface area is 139 Å². The van der Waals surface area contributed by atoms with Gasteiger partial charge in [0.2, 0.25) is 0 Å². The van der Waals surface area contributed by atoms with E-state index in [0.717, 1.165) is 11.1 Å². The van der Waals surface area contributed by atoms with Crippen molar-refractivity contribution in [3.63, 3.8) is 0 Å². The van der Waals surface area contributed by atoms with Crippen LogP contribution in [0.2, 0.25) is 0 Å². The third-order valence-electron chi connectivity index (χ3n) is 3.29. The zero-order chi connectivity index (χ0) is 17.4. The van der Waals surface area contributed by atoms with Crippen molar-refractivity contribution in [2.24, 2.45) is 0 Å². The van der Waals surface area contributed by atoms with E-state index in [2.05, 4.69) is 10.1 Å². The minimum atomic E-state index is -2.88. The molecule has 1 N–H and O–H groups in total. The van der Waals surface area contributed by atoms with Crippen LogP contribution in [0.15, 0.2) is 48.5 Å². The number of rotatable bonds is 8. The highest BCUT2D eigenvalue weighted by atomic mass is 19.3. The number of halogens is 2. The van der Waals surface area contributed by atoms with Gasteiger partial charge in [0.15, 0.2) is 0 Å². The fourth-order valence-electron chi connectivity index (χ4n) is 2.05. The maximum atomic E-state index is 12.1. The number of amides is 1. The van der Waals surface area contributed by atoms with Gasteiger partial charge in [0, 0.05) is 18.7 Å². The van der Waals surface area contributed by atoms with Crippen molar-refractivity contribution in [1.82, 2.24) is 5.32 Å². The van der Waals surface area contributed by atoms with E-state index in [4.69, 9.17) is 4.74 Å². The van der Waals surface area contributed by atoms with Crippen molar-refractivity contribution in [2.45, 2.75) is 26.7 Å². The molecule has 2 rings (SSSR count). The number of carbonyl (C=O) groups is 1. The third kappa shape index (κ3) is 5.62. The first-order valence-corrected chi connectivity index (χ1v) is 7.57. The lowest BCUT2D eigenvalue weighted by Gasteiger charge is -2.08. The Balaban J connectivity index is 1.86. The van der Waals surface area contributed by atoms with Crippen molar-refractivity contribution < 1.29 is 23.0 Å². The van der Waals surface area contributed by atoms with Crippen LogP contribution in [0, 0.1) is 0 Å². The predicted molar refractivity (Wildman–Crippen MR) is 86.0 cm³/mol. The number of nitrogens with one attached hydrogen (secondary N) is 1. The quantitative estimate of drug-likeness (QED) is 0.799. The molecule has 0 aliphatic carbocycles. The molecule has 2 aromatic carbocycles. The Morgan fingerprint density at radius 2 is 1.67 bits per heavy atom. The molecule has 0 saturated heterocycles. The fourth-order valence-corrected chi connectivity index (χ4v) is 2.05. The van der Waals surface area contributed by atoms with E-state index in [-0.39, 0.29) is 11.7 Å². The van der Waals surface area contributed by atoms with Gasteiger partial charge in [0.25, 0.3) is 5.91 Å². The first-order chi connectivity index (χ1) is 11.6. The first-order valence-electron chi connectivity index (χ1n) is 7.57. The van der Waals surface area contributed by atoms with Gasteiger partial charge in [-0.2, -0.15) is 8.78 Å². The van der Waals surface area contributed by atoms with Crippen LogP contribution in [0.3, 0.4) is 0 Å². The monoisotopic (exact) mass is 335 g/mol. The lowest BCUT2D eigenvalue weighted by molar-refractivity contribution is -0.0498. The average Bonchev–Trinajstić information content (AvgIpc) is 2.59. The van der Waals surface area contributed by atoms with Gasteiger partial charge in [-0.25, -0.2) is 0 Å². The van der Waals surface area contributed by atoms with Crippen LogP contribution in [-0.2, 0) is 17.9 Å². The van der Waals surface area contributed by atoms with Crippen LogP contribution < -0.4 is 10.1 Å². The summed E-state index contributed by atoms with van der Waals surface area (Å²) in [4.78, 5) is 12.0. The van der Waals surface area contributed by atoms with Crippen molar-refractivity contribution in [1.29, 1.82) is 0 Å². The van der Waals surface area contributed by atoms with Crippen LogP contribution >= 0.6 is 0 Å². The van der Waals surface area contributed by atoms with Crippen LogP contribution in [0.25, 0.3) is 0 Å². The summed E-state index contributed by atoms with van der Waals surface area (Å²) in [5.41, 5.74) is 2.41. The lowest BCUT2D eigenvalue weighted by atomic mass is 10.1. The first kappa shape index (κ1) is 17.9. The molecule has 0 unspecified atom stereocenters. The number of benzene rings is 2. The molecule has 0 atom stereocenters. The molecular formula is C18H19F2NO3. The Morgan fingerprint density at radius 1 is 1.04 bits per heavy atom. The van der Waals surface area contributed by atoms with Gasteiger partial charge in [-0.3, -0.25) is 4.79 Å². The largest absolute Gasteiger partial charge is 0.435 e. The fraction of sp³-hybridized carbons (Fsp3) is 0.278. The molecule has 6 heteroatoms. The normalized spacial score (nSPS) is 10.7. The summed E-state index contributed by atoms with van der Waals surface area (Å²) >= 11 is 0. The van der Waals surface area contributed by atoms with Gasteiger partial charge in [0.05, 0.1) is 6.61 Å². The van der Waals surface area contributed by atoms with Gasteiger partial charge < -0.3 is 14.8 Å².